The third kappa shape index (κ3) is 8.24. The van der Waals surface area contributed by atoms with Crippen molar-refractivity contribution in [2.45, 2.75) is 69.3 Å². The summed E-state index contributed by atoms with van der Waals surface area (Å²) in [5.74, 6) is 0.808. The van der Waals surface area contributed by atoms with Crippen LogP contribution < -0.4 is 19.9 Å². The van der Waals surface area contributed by atoms with Gasteiger partial charge in [-0.25, -0.2) is 0 Å². The number of para-hydroxylation sites is 1. The molecule has 59 heavy (non-hydrogen) atoms. The number of carbonyl (C=O) groups excluding carboxylic acids is 3. The fourth-order valence-electron chi connectivity index (χ4n) is 10.1. The van der Waals surface area contributed by atoms with E-state index in [9.17, 15) is 19.5 Å². The van der Waals surface area contributed by atoms with Gasteiger partial charge >= 0.3 is 0 Å². The maximum Gasteiger partial charge on any atom is 0.266 e. The zero-order chi connectivity index (χ0) is 40.6. The fourth-order valence-corrected chi connectivity index (χ4v) is 10.1. The average Bonchev–Trinajstić information content (AvgIpc) is 3.66. The Morgan fingerprint density at radius 3 is 2.31 bits per heavy atom. The average molecular weight is 802 g/mol. The van der Waals surface area contributed by atoms with Crippen LogP contribution in [0.1, 0.15) is 69.3 Å². The van der Waals surface area contributed by atoms with Gasteiger partial charge in [0, 0.05) is 102 Å². The molecular formula is C45H55N9O5. The van der Waals surface area contributed by atoms with Crippen LogP contribution in [0.5, 0.6) is 11.6 Å². The van der Waals surface area contributed by atoms with E-state index in [0.717, 1.165) is 75.8 Å². The van der Waals surface area contributed by atoms with Crippen LogP contribution in [0.2, 0.25) is 0 Å². The van der Waals surface area contributed by atoms with E-state index in [1.54, 1.807) is 23.0 Å². The summed E-state index contributed by atoms with van der Waals surface area (Å²) >= 11 is 0. The predicted octanol–water partition coefficient (Wildman–Crippen LogP) is 4.75. The standard InChI is InChI=1S/C45H55N9O5/c1-50-20-15-41(49-50)59-45(18-26-53(27-19-45)35-28-38(48-46-29-35)37-4-2-3-5-39(37)55)43(58)54-24-16-44(17-25-54)30-51(31-44)21-12-32-13-22-52(23-14-32)34-8-6-33(7-9-34)36-10-11-40(56)47-42(36)57/h2-9,15,20,28-29,32,36,55H,10-14,16-19,21-27,30-31H2,1H3,(H,47,56,57)/t36-/m0/s1. The molecular weight excluding hydrogens is 747 g/mol. The lowest BCUT2D eigenvalue weighted by atomic mass is 9.71. The van der Waals surface area contributed by atoms with E-state index < -0.39 is 5.60 Å². The summed E-state index contributed by atoms with van der Waals surface area (Å²) in [5.41, 5.74) is 3.60. The summed E-state index contributed by atoms with van der Waals surface area (Å²) in [4.78, 5) is 47.8. The molecule has 5 saturated heterocycles. The molecule has 0 aliphatic carbocycles. The summed E-state index contributed by atoms with van der Waals surface area (Å²) < 4.78 is 8.30. The first-order chi connectivity index (χ1) is 28.6. The second-order valence-electron chi connectivity index (χ2n) is 17.5. The third-order valence-electron chi connectivity index (χ3n) is 13.7. The maximum absolute atomic E-state index is 14.5. The second-order valence-corrected chi connectivity index (χ2v) is 17.5. The highest BCUT2D eigenvalue weighted by Crippen LogP contribution is 2.43. The highest BCUT2D eigenvalue weighted by Gasteiger charge is 2.50. The number of amides is 3. The molecule has 1 atom stereocenters. The number of imide groups is 1. The van der Waals surface area contributed by atoms with Crippen molar-refractivity contribution in [1.82, 2.24) is 35.1 Å². The van der Waals surface area contributed by atoms with Gasteiger partial charge in [-0.15, -0.1) is 5.10 Å². The van der Waals surface area contributed by atoms with Crippen molar-refractivity contribution in [3.05, 3.63) is 78.6 Å². The van der Waals surface area contributed by atoms with E-state index in [4.69, 9.17) is 4.74 Å². The van der Waals surface area contributed by atoms with Gasteiger partial charge < -0.3 is 29.4 Å². The predicted molar refractivity (Wildman–Crippen MR) is 223 cm³/mol. The molecule has 2 aromatic carbocycles. The van der Waals surface area contributed by atoms with Crippen LogP contribution in [0.3, 0.4) is 0 Å². The van der Waals surface area contributed by atoms with Crippen LogP contribution in [0, 0.1) is 11.3 Å². The van der Waals surface area contributed by atoms with Crippen molar-refractivity contribution in [3.8, 4) is 22.9 Å². The van der Waals surface area contributed by atoms with Gasteiger partial charge in [0.25, 0.3) is 5.91 Å². The number of nitrogens with zero attached hydrogens (tertiary/aromatic N) is 8. The molecule has 0 bridgehead atoms. The van der Waals surface area contributed by atoms with Crippen molar-refractivity contribution >= 4 is 29.1 Å². The Balaban J connectivity index is 0.745. The number of nitrogens with one attached hydrogen (secondary N) is 1. The normalized spacial score (nSPS) is 22.3. The number of ether oxygens (including phenoxy) is 1. The van der Waals surface area contributed by atoms with Gasteiger partial charge in [-0.2, -0.15) is 10.2 Å². The summed E-state index contributed by atoms with van der Waals surface area (Å²) in [6.07, 6.45) is 11.2. The minimum atomic E-state index is -1.00. The van der Waals surface area contributed by atoms with E-state index in [1.807, 2.05) is 42.4 Å². The zero-order valence-corrected chi connectivity index (χ0v) is 34.0. The van der Waals surface area contributed by atoms with E-state index in [2.05, 4.69) is 59.6 Å². The number of likely N-dealkylation sites (tertiary alicyclic amines) is 2. The number of piperidine rings is 4. The van der Waals surface area contributed by atoms with Crippen LogP contribution in [0.25, 0.3) is 11.3 Å². The summed E-state index contributed by atoms with van der Waals surface area (Å²) in [7, 11) is 1.85. The Labute approximate surface area is 345 Å². The second kappa shape index (κ2) is 16.3. The molecule has 0 saturated carbocycles. The lowest BCUT2D eigenvalue weighted by molar-refractivity contribution is -0.155. The third-order valence-corrected chi connectivity index (χ3v) is 13.7. The quantitative estimate of drug-likeness (QED) is 0.214. The Kier molecular flexibility index (Phi) is 10.8. The number of hydrogen-bond donors (Lipinski definition) is 2. The molecule has 14 heteroatoms. The Bertz CT molecular complexity index is 2140. The Morgan fingerprint density at radius 1 is 0.881 bits per heavy atom. The van der Waals surface area contributed by atoms with E-state index in [-0.39, 0.29) is 34.8 Å². The molecule has 1 spiro atoms. The topological polar surface area (TPSA) is 149 Å². The minimum Gasteiger partial charge on any atom is -0.507 e. The highest BCUT2D eigenvalue weighted by atomic mass is 16.5. The van der Waals surface area contributed by atoms with E-state index in [1.165, 1.54) is 24.9 Å². The number of anilines is 2. The van der Waals surface area contributed by atoms with Crippen molar-refractivity contribution in [2.24, 2.45) is 18.4 Å². The number of aromatic hydroxyl groups is 1. The molecule has 2 aromatic heterocycles. The van der Waals surface area contributed by atoms with Crippen LogP contribution in [-0.4, -0.2) is 117 Å². The lowest BCUT2D eigenvalue weighted by Crippen LogP contribution is -2.64. The fraction of sp³-hybridized carbons (Fsp3) is 0.511. The summed E-state index contributed by atoms with van der Waals surface area (Å²) in [5, 5.41) is 25.9. The molecule has 14 nitrogen and oxygen atoms in total. The number of hydrogen-bond acceptors (Lipinski definition) is 11. The van der Waals surface area contributed by atoms with Gasteiger partial charge in [-0.1, -0.05) is 24.3 Å². The monoisotopic (exact) mass is 801 g/mol. The number of aromatic nitrogens is 4. The van der Waals surface area contributed by atoms with Crippen molar-refractivity contribution < 1.29 is 24.2 Å². The zero-order valence-electron chi connectivity index (χ0n) is 34.0. The molecule has 0 radical (unpaired) electrons. The maximum atomic E-state index is 14.5. The lowest BCUT2D eigenvalue weighted by Gasteiger charge is -2.55. The molecule has 0 unspecified atom stereocenters. The van der Waals surface area contributed by atoms with Gasteiger partial charge in [0.05, 0.1) is 23.5 Å². The minimum absolute atomic E-state index is 0.0631. The van der Waals surface area contributed by atoms with Crippen molar-refractivity contribution in [1.29, 1.82) is 0 Å². The molecule has 9 rings (SSSR count). The van der Waals surface area contributed by atoms with Gasteiger partial charge in [-0.05, 0) is 92.3 Å². The molecule has 5 aliphatic heterocycles. The van der Waals surface area contributed by atoms with Gasteiger partial charge in [0.15, 0.2) is 5.60 Å². The number of carbonyl (C=O) groups is 3. The number of aryl methyl sites for hydroxylation is 1. The van der Waals surface area contributed by atoms with Crippen molar-refractivity contribution in [2.75, 3.05) is 68.7 Å². The largest absolute Gasteiger partial charge is 0.507 e. The Morgan fingerprint density at radius 2 is 1.61 bits per heavy atom. The van der Waals surface area contributed by atoms with E-state index in [0.29, 0.717) is 55.9 Å². The first-order valence-electron chi connectivity index (χ1n) is 21.4. The van der Waals surface area contributed by atoms with Crippen LogP contribution in [0.4, 0.5) is 11.4 Å². The molecule has 310 valence electrons. The Hall–Kier alpha value is -5.50. The number of phenolic OH excluding ortho intramolecular Hbond substituents is 1. The molecule has 5 fully saturated rings. The molecule has 7 heterocycles. The smallest absolute Gasteiger partial charge is 0.266 e. The summed E-state index contributed by atoms with van der Waals surface area (Å²) in [6, 6.07) is 19.3. The molecule has 5 aliphatic rings. The first kappa shape index (κ1) is 39.0. The van der Waals surface area contributed by atoms with Gasteiger partial charge in [0.1, 0.15) is 5.75 Å². The molecule has 2 N–H and O–H groups in total. The SMILES string of the molecule is Cn1ccc(OC2(C(=O)N3CCC4(CC3)CN(CCC3CCN(c5ccc([C@@H]6CCC(=O)NC6=O)cc5)CC3)C4)CCN(c3cnnc(-c4ccccc4O)c3)CC2)n1. The van der Waals surface area contributed by atoms with E-state index >= 15 is 0 Å². The molecule has 4 aromatic rings. The van der Waals surface area contributed by atoms with Gasteiger partial charge in [0.2, 0.25) is 17.7 Å². The van der Waals surface area contributed by atoms with Crippen molar-refractivity contribution in [3.63, 3.8) is 0 Å². The highest BCUT2D eigenvalue weighted by molar-refractivity contribution is 6.01. The van der Waals surface area contributed by atoms with Gasteiger partial charge in [-0.3, -0.25) is 24.4 Å². The van der Waals surface area contributed by atoms with Crippen LogP contribution >= 0.6 is 0 Å². The first-order valence-corrected chi connectivity index (χ1v) is 21.4. The number of rotatable bonds is 10. The van der Waals surface area contributed by atoms with Crippen LogP contribution in [-0.2, 0) is 21.4 Å². The van der Waals surface area contributed by atoms with Crippen LogP contribution in [0.15, 0.2) is 73.1 Å². The number of benzene rings is 2. The number of phenols is 1. The summed E-state index contributed by atoms with van der Waals surface area (Å²) in [6.45, 7) is 8.15. The molecule has 3 amide bonds.